The first kappa shape index (κ1) is 13.8. The van der Waals surface area contributed by atoms with E-state index in [0.717, 1.165) is 11.3 Å². The van der Waals surface area contributed by atoms with Gasteiger partial charge in [-0.15, -0.1) is 0 Å². The van der Waals surface area contributed by atoms with Crippen LogP contribution in [0.3, 0.4) is 0 Å². The number of carbonyl (C=O) groups excluding carboxylic acids is 1. The molecule has 0 aliphatic carbocycles. The highest BCUT2D eigenvalue weighted by Crippen LogP contribution is 2.23. The second-order valence-electron chi connectivity index (χ2n) is 4.14. The van der Waals surface area contributed by atoms with E-state index in [0.29, 0.717) is 15.6 Å². The maximum atomic E-state index is 12.0. The Morgan fingerprint density at radius 3 is 2.63 bits per heavy atom. The Labute approximate surface area is 121 Å². The van der Waals surface area contributed by atoms with Crippen molar-refractivity contribution in [3.8, 4) is 0 Å². The van der Waals surface area contributed by atoms with Crippen molar-refractivity contribution in [2.75, 3.05) is 0 Å². The predicted octanol–water partition coefficient (Wildman–Crippen LogP) is 3.93. The third-order valence-corrected chi connectivity index (χ3v) is 3.63. The molecule has 0 radical (unpaired) electrons. The summed E-state index contributed by atoms with van der Waals surface area (Å²) in [4.78, 5) is 12.0. The molecule has 0 aliphatic rings. The normalized spacial score (nSPS) is 11.2. The number of halogens is 2. The molecule has 0 aliphatic heterocycles. The molecular formula is C14H12Cl2N2O. The van der Waals surface area contributed by atoms with Gasteiger partial charge in [0.25, 0.3) is 0 Å². The summed E-state index contributed by atoms with van der Waals surface area (Å²) in [6.45, 7) is 1.94. The summed E-state index contributed by atoms with van der Waals surface area (Å²) in [6, 6.07) is 4.82. The van der Waals surface area contributed by atoms with Gasteiger partial charge in [-0.05, 0) is 37.3 Å². The molecule has 0 saturated heterocycles. The Bertz CT molecular complexity index is 659. The van der Waals surface area contributed by atoms with Gasteiger partial charge >= 0.3 is 0 Å². The molecular weight excluding hydrogens is 283 g/mol. The molecule has 0 bridgehead atoms. The second kappa shape index (κ2) is 5.59. The van der Waals surface area contributed by atoms with Crippen molar-refractivity contribution in [2.24, 2.45) is 7.05 Å². The number of hydrogen-bond acceptors (Lipinski definition) is 2. The predicted molar refractivity (Wildman–Crippen MR) is 77.8 cm³/mol. The van der Waals surface area contributed by atoms with E-state index in [9.17, 15) is 4.79 Å². The van der Waals surface area contributed by atoms with E-state index >= 15 is 0 Å². The van der Waals surface area contributed by atoms with Gasteiger partial charge in [0.2, 0.25) is 0 Å². The summed E-state index contributed by atoms with van der Waals surface area (Å²) in [5.74, 6) is -0.123. The van der Waals surface area contributed by atoms with Crippen LogP contribution in [0, 0.1) is 6.92 Å². The van der Waals surface area contributed by atoms with Crippen molar-refractivity contribution in [1.29, 1.82) is 0 Å². The summed E-state index contributed by atoms with van der Waals surface area (Å²) in [7, 11) is 1.85. The van der Waals surface area contributed by atoms with Crippen LogP contribution in [0.1, 0.15) is 21.6 Å². The lowest BCUT2D eigenvalue weighted by atomic mass is 10.1. The van der Waals surface area contributed by atoms with Crippen LogP contribution in [0.15, 0.2) is 30.5 Å². The largest absolute Gasteiger partial charge is 0.289 e. The molecule has 1 aromatic carbocycles. The van der Waals surface area contributed by atoms with Gasteiger partial charge in [-0.2, -0.15) is 5.10 Å². The molecule has 1 aromatic heterocycles. The average molecular weight is 295 g/mol. The van der Waals surface area contributed by atoms with Crippen molar-refractivity contribution in [2.45, 2.75) is 6.92 Å². The fraction of sp³-hybridized carbons (Fsp3) is 0.143. The minimum Gasteiger partial charge on any atom is -0.289 e. The van der Waals surface area contributed by atoms with Crippen molar-refractivity contribution in [3.05, 3.63) is 57.3 Å². The highest BCUT2D eigenvalue weighted by atomic mass is 35.5. The molecule has 0 fully saturated rings. The van der Waals surface area contributed by atoms with Crippen LogP contribution in [0.5, 0.6) is 0 Å². The van der Waals surface area contributed by atoms with E-state index in [2.05, 4.69) is 5.10 Å². The van der Waals surface area contributed by atoms with Crippen LogP contribution in [-0.2, 0) is 7.05 Å². The van der Waals surface area contributed by atoms with E-state index < -0.39 is 0 Å². The SMILES string of the molecule is Cc1c(/C=C/C(=O)c2ccc(Cl)c(Cl)c2)cnn1C. The molecule has 0 amide bonds. The molecule has 2 aromatic rings. The smallest absolute Gasteiger partial charge is 0.185 e. The number of ketones is 1. The van der Waals surface area contributed by atoms with Gasteiger partial charge in [-0.1, -0.05) is 23.2 Å². The molecule has 0 spiro atoms. The summed E-state index contributed by atoms with van der Waals surface area (Å²) >= 11 is 11.7. The average Bonchev–Trinajstić information content (AvgIpc) is 2.70. The standard InChI is InChI=1S/C14H12Cl2N2O/c1-9-11(8-17-18(9)2)4-6-14(19)10-3-5-12(15)13(16)7-10/h3-8H,1-2H3/b6-4+. The highest BCUT2D eigenvalue weighted by Gasteiger charge is 2.06. The number of carbonyl (C=O) groups is 1. The third kappa shape index (κ3) is 3.06. The molecule has 5 heteroatoms. The highest BCUT2D eigenvalue weighted by molar-refractivity contribution is 6.42. The Morgan fingerprint density at radius 1 is 1.32 bits per heavy atom. The molecule has 19 heavy (non-hydrogen) atoms. The molecule has 1 heterocycles. The summed E-state index contributed by atoms with van der Waals surface area (Å²) < 4.78 is 1.75. The van der Waals surface area contributed by atoms with Crippen LogP contribution in [0.4, 0.5) is 0 Å². The number of nitrogens with zero attached hydrogens (tertiary/aromatic N) is 2. The first-order valence-electron chi connectivity index (χ1n) is 5.65. The van der Waals surface area contributed by atoms with E-state index in [-0.39, 0.29) is 5.78 Å². The maximum Gasteiger partial charge on any atom is 0.185 e. The van der Waals surface area contributed by atoms with Gasteiger partial charge < -0.3 is 0 Å². The number of aromatic nitrogens is 2. The van der Waals surface area contributed by atoms with Gasteiger partial charge in [0, 0.05) is 23.9 Å². The van der Waals surface area contributed by atoms with Crippen molar-refractivity contribution in [3.63, 3.8) is 0 Å². The minimum absolute atomic E-state index is 0.123. The van der Waals surface area contributed by atoms with Crippen LogP contribution in [-0.4, -0.2) is 15.6 Å². The Hall–Kier alpha value is -1.58. The zero-order chi connectivity index (χ0) is 14.0. The zero-order valence-corrected chi connectivity index (χ0v) is 12.0. The summed E-state index contributed by atoms with van der Waals surface area (Å²) in [5.41, 5.74) is 2.42. The summed E-state index contributed by atoms with van der Waals surface area (Å²) in [5, 5.41) is 4.92. The van der Waals surface area contributed by atoms with Gasteiger partial charge in [0.15, 0.2) is 5.78 Å². The lowest BCUT2D eigenvalue weighted by Gasteiger charge is -1.99. The van der Waals surface area contributed by atoms with E-state index in [1.54, 1.807) is 35.2 Å². The summed E-state index contributed by atoms with van der Waals surface area (Å²) in [6.07, 6.45) is 4.96. The van der Waals surface area contributed by atoms with Crippen LogP contribution < -0.4 is 0 Å². The topological polar surface area (TPSA) is 34.9 Å². The van der Waals surface area contributed by atoms with Gasteiger partial charge in [0.05, 0.1) is 16.2 Å². The molecule has 98 valence electrons. The number of hydrogen-bond donors (Lipinski definition) is 0. The Balaban J connectivity index is 2.21. The quantitative estimate of drug-likeness (QED) is 0.635. The van der Waals surface area contributed by atoms with E-state index in [1.807, 2.05) is 14.0 Å². The molecule has 2 rings (SSSR count). The Morgan fingerprint density at radius 2 is 2.05 bits per heavy atom. The molecule has 0 N–H and O–H groups in total. The van der Waals surface area contributed by atoms with Crippen LogP contribution in [0.25, 0.3) is 6.08 Å². The van der Waals surface area contributed by atoms with Gasteiger partial charge in [0.1, 0.15) is 0 Å². The van der Waals surface area contributed by atoms with E-state index in [4.69, 9.17) is 23.2 Å². The monoisotopic (exact) mass is 294 g/mol. The third-order valence-electron chi connectivity index (χ3n) is 2.89. The Kier molecular flexibility index (Phi) is 4.08. The lowest BCUT2D eigenvalue weighted by molar-refractivity contribution is 0.104. The minimum atomic E-state index is -0.123. The van der Waals surface area contributed by atoms with E-state index in [1.165, 1.54) is 6.08 Å². The number of allylic oxidation sites excluding steroid dienone is 1. The van der Waals surface area contributed by atoms with Gasteiger partial charge in [-0.3, -0.25) is 9.48 Å². The van der Waals surface area contributed by atoms with Crippen LogP contribution in [0.2, 0.25) is 10.0 Å². The zero-order valence-electron chi connectivity index (χ0n) is 10.5. The fourth-order valence-corrected chi connectivity index (χ4v) is 1.89. The maximum absolute atomic E-state index is 12.0. The molecule has 0 unspecified atom stereocenters. The van der Waals surface area contributed by atoms with Crippen LogP contribution >= 0.6 is 23.2 Å². The molecule has 3 nitrogen and oxygen atoms in total. The van der Waals surface area contributed by atoms with Crippen molar-refractivity contribution in [1.82, 2.24) is 9.78 Å². The van der Waals surface area contributed by atoms with Gasteiger partial charge in [-0.25, -0.2) is 0 Å². The number of benzene rings is 1. The number of aryl methyl sites for hydroxylation is 1. The second-order valence-corrected chi connectivity index (χ2v) is 4.95. The molecule has 0 atom stereocenters. The first-order chi connectivity index (χ1) is 8.99. The van der Waals surface area contributed by atoms with Crippen molar-refractivity contribution >= 4 is 35.1 Å². The fourth-order valence-electron chi connectivity index (χ4n) is 1.59. The molecule has 0 saturated carbocycles. The van der Waals surface area contributed by atoms with Crippen molar-refractivity contribution < 1.29 is 4.79 Å². The lowest BCUT2D eigenvalue weighted by Crippen LogP contribution is -1.94. The number of rotatable bonds is 3. The first-order valence-corrected chi connectivity index (χ1v) is 6.40.